The fourth-order valence-corrected chi connectivity index (χ4v) is 3.99. The molecule has 0 aliphatic carbocycles. The zero-order valence-corrected chi connectivity index (χ0v) is 15.1. The SMILES string of the molecule is O=C(/C=C/c1ccc2c(c1)OCO2)N1CC(N2CCc3ccccc3C2)C1. The Balaban J connectivity index is 1.16. The summed E-state index contributed by atoms with van der Waals surface area (Å²) in [5.41, 5.74) is 3.83. The summed E-state index contributed by atoms with van der Waals surface area (Å²) in [4.78, 5) is 16.8. The van der Waals surface area contributed by atoms with Crippen LogP contribution in [0.25, 0.3) is 6.08 Å². The third-order valence-electron chi connectivity index (χ3n) is 5.67. The van der Waals surface area contributed by atoms with Crippen LogP contribution in [-0.4, -0.2) is 48.2 Å². The molecular weight excluding hydrogens is 340 g/mol. The van der Waals surface area contributed by atoms with Gasteiger partial charge in [-0.05, 0) is 41.3 Å². The summed E-state index contributed by atoms with van der Waals surface area (Å²) in [6, 6.07) is 14.9. The maximum Gasteiger partial charge on any atom is 0.246 e. The highest BCUT2D eigenvalue weighted by molar-refractivity contribution is 5.92. The van der Waals surface area contributed by atoms with Crippen molar-refractivity contribution in [3.05, 3.63) is 65.2 Å². The summed E-state index contributed by atoms with van der Waals surface area (Å²) >= 11 is 0. The number of amides is 1. The van der Waals surface area contributed by atoms with E-state index in [2.05, 4.69) is 29.2 Å². The van der Waals surface area contributed by atoms with Crippen molar-refractivity contribution in [2.45, 2.75) is 19.0 Å². The molecule has 3 aliphatic heterocycles. The molecule has 0 saturated carbocycles. The fraction of sp³-hybridized carbons (Fsp3) is 0.318. The molecule has 2 aromatic rings. The smallest absolute Gasteiger partial charge is 0.246 e. The van der Waals surface area contributed by atoms with Crippen molar-refractivity contribution in [3.8, 4) is 11.5 Å². The van der Waals surface area contributed by atoms with E-state index in [0.29, 0.717) is 6.04 Å². The van der Waals surface area contributed by atoms with E-state index in [0.717, 1.165) is 49.7 Å². The number of carbonyl (C=O) groups is 1. The average Bonchev–Trinajstić information content (AvgIpc) is 3.13. The predicted molar refractivity (Wildman–Crippen MR) is 103 cm³/mol. The van der Waals surface area contributed by atoms with Crippen molar-refractivity contribution in [1.29, 1.82) is 0 Å². The number of fused-ring (bicyclic) bond motifs is 2. The van der Waals surface area contributed by atoms with Gasteiger partial charge in [0.05, 0.1) is 0 Å². The number of likely N-dealkylation sites (tertiary alicyclic amines) is 1. The van der Waals surface area contributed by atoms with E-state index in [1.54, 1.807) is 6.08 Å². The molecular formula is C22H22N2O3. The van der Waals surface area contributed by atoms with Crippen LogP contribution in [0.4, 0.5) is 0 Å². The van der Waals surface area contributed by atoms with Crippen LogP contribution in [0.3, 0.4) is 0 Å². The minimum absolute atomic E-state index is 0.0707. The lowest BCUT2D eigenvalue weighted by Gasteiger charge is -2.46. The first-order valence-corrected chi connectivity index (χ1v) is 9.44. The van der Waals surface area contributed by atoms with Crippen molar-refractivity contribution in [1.82, 2.24) is 9.80 Å². The molecule has 0 atom stereocenters. The van der Waals surface area contributed by atoms with Gasteiger partial charge in [0.2, 0.25) is 12.7 Å². The number of ether oxygens (including phenoxy) is 2. The maximum absolute atomic E-state index is 12.4. The first-order valence-electron chi connectivity index (χ1n) is 9.44. The average molecular weight is 362 g/mol. The molecule has 0 N–H and O–H groups in total. The minimum Gasteiger partial charge on any atom is -0.454 e. The van der Waals surface area contributed by atoms with Gasteiger partial charge in [-0.2, -0.15) is 0 Å². The van der Waals surface area contributed by atoms with Gasteiger partial charge in [-0.25, -0.2) is 0 Å². The minimum atomic E-state index is 0.0707. The Hall–Kier alpha value is -2.79. The molecule has 5 heteroatoms. The van der Waals surface area contributed by atoms with Crippen molar-refractivity contribution in [3.63, 3.8) is 0 Å². The number of hydrogen-bond acceptors (Lipinski definition) is 4. The highest BCUT2D eigenvalue weighted by Crippen LogP contribution is 2.33. The van der Waals surface area contributed by atoms with Crippen molar-refractivity contribution in [2.75, 3.05) is 26.4 Å². The highest BCUT2D eigenvalue weighted by atomic mass is 16.7. The van der Waals surface area contributed by atoms with Crippen LogP contribution in [0.2, 0.25) is 0 Å². The molecule has 0 bridgehead atoms. The Labute approximate surface area is 158 Å². The van der Waals surface area contributed by atoms with Crippen LogP contribution < -0.4 is 9.47 Å². The van der Waals surface area contributed by atoms with Gasteiger partial charge >= 0.3 is 0 Å². The summed E-state index contributed by atoms with van der Waals surface area (Å²) in [6.07, 6.45) is 4.60. The Morgan fingerprint density at radius 3 is 2.74 bits per heavy atom. The van der Waals surface area contributed by atoms with Crippen LogP contribution >= 0.6 is 0 Å². The first-order chi connectivity index (χ1) is 13.3. The molecule has 0 unspecified atom stereocenters. The van der Waals surface area contributed by atoms with Gasteiger partial charge in [-0.3, -0.25) is 9.69 Å². The Morgan fingerprint density at radius 2 is 1.85 bits per heavy atom. The van der Waals surface area contributed by atoms with E-state index in [9.17, 15) is 4.79 Å². The topological polar surface area (TPSA) is 42.0 Å². The summed E-state index contributed by atoms with van der Waals surface area (Å²) in [7, 11) is 0. The lowest BCUT2D eigenvalue weighted by molar-refractivity contribution is -0.133. The fourth-order valence-electron chi connectivity index (χ4n) is 3.99. The molecule has 3 heterocycles. The lowest BCUT2D eigenvalue weighted by Crippen LogP contribution is -2.61. The monoisotopic (exact) mass is 362 g/mol. The van der Waals surface area contributed by atoms with E-state index in [-0.39, 0.29) is 12.7 Å². The van der Waals surface area contributed by atoms with Crippen LogP contribution in [0, 0.1) is 0 Å². The normalized spacial score (nSPS) is 19.2. The van der Waals surface area contributed by atoms with Gasteiger partial charge in [-0.15, -0.1) is 0 Å². The first kappa shape index (κ1) is 16.4. The van der Waals surface area contributed by atoms with Crippen molar-refractivity contribution in [2.24, 2.45) is 0 Å². The Bertz CT molecular complexity index is 902. The van der Waals surface area contributed by atoms with Gasteiger partial charge in [0, 0.05) is 38.3 Å². The third kappa shape index (κ3) is 3.19. The van der Waals surface area contributed by atoms with Gasteiger partial charge in [0.15, 0.2) is 11.5 Å². The van der Waals surface area contributed by atoms with E-state index < -0.39 is 0 Å². The number of benzene rings is 2. The van der Waals surface area contributed by atoms with E-state index in [1.807, 2.05) is 29.2 Å². The largest absolute Gasteiger partial charge is 0.454 e. The predicted octanol–water partition coefficient (Wildman–Crippen LogP) is 2.70. The second kappa shape index (κ2) is 6.74. The molecule has 1 amide bonds. The third-order valence-corrected chi connectivity index (χ3v) is 5.67. The zero-order valence-electron chi connectivity index (χ0n) is 15.1. The van der Waals surface area contributed by atoms with Crippen LogP contribution in [0.15, 0.2) is 48.5 Å². The lowest BCUT2D eigenvalue weighted by atomic mass is 9.96. The molecule has 5 rings (SSSR count). The summed E-state index contributed by atoms with van der Waals surface area (Å²) in [5.74, 6) is 1.56. The Morgan fingerprint density at radius 1 is 1.04 bits per heavy atom. The van der Waals surface area contributed by atoms with Gasteiger partial charge in [-0.1, -0.05) is 30.3 Å². The maximum atomic E-state index is 12.4. The van der Waals surface area contributed by atoms with Gasteiger partial charge in [0.1, 0.15) is 0 Å². The van der Waals surface area contributed by atoms with Crippen molar-refractivity contribution < 1.29 is 14.3 Å². The molecule has 5 nitrogen and oxygen atoms in total. The number of hydrogen-bond donors (Lipinski definition) is 0. The standard InChI is InChI=1S/C22H22N2O3/c25-22(8-6-16-5-7-20-21(11-16)27-15-26-20)24-13-19(14-24)23-10-9-17-3-1-2-4-18(17)12-23/h1-8,11,19H,9-10,12-15H2/b8-6+. The van der Waals surface area contributed by atoms with Gasteiger partial charge < -0.3 is 14.4 Å². The molecule has 1 fully saturated rings. The quantitative estimate of drug-likeness (QED) is 0.788. The number of carbonyl (C=O) groups excluding carboxylic acids is 1. The molecule has 0 spiro atoms. The molecule has 0 aromatic heterocycles. The summed E-state index contributed by atoms with van der Waals surface area (Å²) in [6.45, 7) is 3.96. The highest BCUT2D eigenvalue weighted by Gasteiger charge is 2.35. The summed E-state index contributed by atoms with van der Waals surface area (Å²) < 4.78 is 10.7. The molecule has 1 saturated heterocycles. The number of rotatable bonds is 3. The molecule has 138 valence electrons. The zero-order chi connectivity index (χ0) is 18.2. The second-order valence-electron chi connectivity index (χ2n) is 7.33. The van der Waals surface area contributed by atoms with E-state index in [1.165, 1.54) is 11.1 Å². The molecule has 27 heavy (non-hydrogen) atoms. The molecule has 2 aromatic carbocycles. The van der Waals surface area contributed by atoms with Crippen molar-refractivity contribution >= 4 is 12.0 Å². The van der Waals surface area contributed by atoms with Crippen LogP contribution in [0.5, 0.6) is 11.5 Å². The number of nitrogens with zero attached hydrogens (tertiary/aromatic N) is 2. The van der Waals surface area contributed by atoms with E-state index >= 15 is 0 Å². The second-order valence-corrected chi connectivity index (χ2v) is 7.33. The van der Waals surface area contributed by atoms with Crippen LogP contribution in [0.1, 0.15) is 16.7 Å². The molecule has 0 radical (unpaired) electrons. The van der Waals surface area contributed by atoms with E-state index in [4.69, 9.17) is 9.47 Å². The van der Waals surface area contributed by atoms with Gasteiger partial charge in [0.25, 0.3) is 0 Å². The Kier molecular flexibility index (Phi) is 4.09. The van der Waals surface area contributed by atoms with Crippen LogP contribution in [-0.2, 0) is 17.8 Å². The summed E-state index contributed by atoms with van der Waals surface area (Å²) in [5, 5.41) is 0. The molecule has 3 aliphatic rings.